The van der Waals surface area contributed by atoms with Crippen LogP contribution in [0.4, 0.5) is 0 Å². The van der Waals surface area contributed by atoms with E-state index in [1.54, 1.807) is 13.8 Å². The summed E-state index contributed by atoms with van der Waals surface area (Å²) < 4.78 is 5.06. The number of aliphatic carboxylic acids is 1. The Kier molecular flexibility index (Phi) is 3.04. The molecule has 5 heteroatoms. The maximum atomic E-state index is 11.2. The summed E-state index contributed by atoms with van der Waals surface area (Å²) in [5, 5.41) is 8.56. The van der Waals surface area contributed by atoms with Crippen LogP contribution in [0.1, 0.15) is 21.6 Å². The number of carbonyl (C=O) groups excluding carboxylic acids is 1. The molecule has 0 saturated heterocycles. The molecule has 0 spiro atoms. The normalized spacial score (nSPS) is 9.80. The van der Waals surface area contributed by atoms with Gasteiger partial charge in [-0.25, -0.2) is 4.79 Å². The number of pyridine rings is 1. The molecule has 0 saturated carbocycles. The first kappa shape index (κ1) is 11.2. The van der Waals surface area contributed by atoms with E-state index in [0.717, 1.165) is 5.56 Å². The summed E-state index contributed by atoms with van der Waals surface area (Å²) in [7, 11) is 1.46. The first-order valence-electron chi connectivity index (χ1n) is 4.26. The van der Waals surface area contributed by atoms with Crippen molar-refractivity contribution in [3.8, 4) is 5.75 Å². The fourth-order valence-corrected chi connectivity index (χ4v) is 1.36. The Labute approximate surface area is 86.7 Å². The van der Waals surface area contributed by atoms with Crippen LogP contribution in [0.5, 0.6) is 5.75 Å². The third-order valence-corrected chi connectivity index (χ3v) is 2.05. The van der Waals surface area contributed by atoms with Gasteiger partial charge in [-0.1, -0.05) is 0 Å². The molecule has 1 aromatic heterocycles. The van der Waals surface area contributed by atoms with E-state index in [0.29, 0.717) is 11.3 Å². The number of hydrogen-bond donors (Lipinski definition) is 1. The van der Waals surface area contributed by atoms with E-state index in [1.165, 1.54) is 13.3 Å². The van der Waals surface area contributed by atoms with Gasteiger partial charge in [0.25, 0.3) is 5.78 Å². The van der Waals surface area contributed by atoms with Crippen LogP contribution < -0.4 is 4.74 Å². The van der Waals surface area contributed by atoms with Gasteiger partial charge < -0.3 is 9.84 Å². The molecule has 1 rings (SSSR count). The molecule has 0 aliphatic carbocycles. The monoisotopic (exact) mass is 209 g/mol. The van der Waals surface area contributed by atoms with Gasteiger partial charge in [-0.2, -0.15) is 0 Å². The lowest BCUT2D eigenvalue weighted by atomic mass is 10.1. The van der Waals surface area contributed by atoms with Gasteiger partial charge in [0.1, 0.15) is 11.4 Å². The average molecular weight is 209 g/mol. The minimum absolute atomic E-state index is 0.0787. The largest absolute Gasteiger partial charge is 0.496 e. The Bertz CT molecular complexity index is 426. The van der Waals surface area contributed by atoms with E-state index in [4.69, 9.17) is 9.84 Å². The van der Waals surface area contributed by atoms with Crippen molar-refractivity contribution < 1.29 is 19.4 Å². The fraction of sp³-hybridized carbons (Fsp3) is 0.300. The van der Waals surface area contributed by atoms with Crippen LogP contribution in [-0.4, -0.2) is 29.0 Å². The molecule has 0 fully saturated rings. The zero-order valence-electron chi connectivity index (χ0n) is 8.70. The maximum absolute atomic E-state index is 11.2. The van der Waals surface area contributed by atoms with Crippen molar-refractivity contribution in [1.29, 1.82) is 0 Å². The Morgan fingerprint density at radius 1 is 1.40 bits per heavy atom. The van der Waals surface area contributed by atoms with Crippen molar-refractivity contribution in [2.24, 2.45) is 0 Å². The van der Waals surface area contributed by atoms with E-state index in [-0.39, 0.29) is 5.69 Å². The van der Waals surface area contributed by atoms with E-state index in [9.17, 15) is 9.59 Å². The van der Waals surface area contributed by atoms with Gasteiger partial charge in [-0.05, 0) is 13.8 Å². The second kappa shape index (κ2) is 4.08. The molecule has 0 aliphatic rings. The SMILES string of the molecule is COc1c(C)cnc(C(=O)C(=O)O)c1C. The zero-order chi connectivity index (χ0) is 11.6. The summed E-state index contributed by atoms with van der Waals surface area (Å²) in [4.78, 5) is 25.5. The smallest absolute Gasteiger partial charge is 0.378 e. The summed E-state index contributed by atoms with van der Waals surface area (Å²) in [5.74, 6) is -2.04. The van der Waals surface area contributed by atoms with Crippen LogP contribution in [0.2, 0.25) is 0 Å². The van der Waals surface area contributed by atoms with Crippen LogP contribution in [0, 0.1) is 13.8 Å². The van der Waals surface area contributed by atoms with E-state index in [2.05, 4.69) is 4.98 Å². The highest BCUT2D eigenvalue weighted by atomic mass is 16.5. The number of rotatable bonds is 3. The van der Waals surface area contributed by atoms with Crippen molar-refractivity contribution in [2.45, 2.75) is 13.8 Å². The van der Waals surface area contributed by atoms with Crippen molar-refractivity contribution in [3.63, 3.8) is 0 Å². The molecule has 1 N–H and O–H groups in total. The van der Waals surface area contributed by atoms with Crippen molar-refractivity contribution in [1.82, 2.24) is 4.98 Å². The van der Waals surface area contributed by atoms with Crippen LogP contribution in [-0.2, 0) is 4.79 Å². The number of aromatic nitrogens is 1. The molecule has 0 atom stereocenters. The number of Topliss-reactive ketones (excluding diaryl/α,β-unsaturated/α-hetero) is 1. The molecule has 0 aromatic carbocycles. The van der Waals surface area contributed by atoms with Crippen molar-refractivity contribution in [2.75, 3.05) is 7.11 Å². The first-order chi connectivity index (χ1) is 6.99. The molecular formula is C10H11NO4. The number of methoxy groups -OCH3 is 1. The number of aryl methyl sites for hydroxylation is 1. The van der Waals surface area contributed by atoms with Crippen molar-refractivity contribution >= 4 is 11.8 Å². The van der Waals surface area contributed by atoms with Crippen molar-refractivity contribution in [3.05, 3.63) is 23.0 Å². The summed E-state index contributed by atoms with van der Waals surface area (Å²) in [6.45, 7) is 3.38. The lowest BCUT2D eigenvalue weighted by molar-refractivity contribution is -0.131. The first-order valence-corrected chi connectivity index (χ1v) is 4.26. The standard InChI is InChI=1S/C10H11NO4/c1-5-4-11-7(8(12)10(13)14)6(2)9(5)15-3/h4H,1-3H3,(H,13,14). The molecule has 0 bridgehead atoms. The number of carboxylic acid groups (broad SMARTS) is 1. The molecule has 0 radical (unpaired) electrons. The molecule has 1 heterocycles. The molecule has 0 unspecified atom stereocenters. The minimum atomic E-state index is -1.52. The third-order valence-electron chi connectivity index (χ3n) is 2.05. The molecule has 1 aromatic rings. The van der Waals surface area contributed by atoms with Crippen LogP contribution in [0.15, 0.2) is 6.20 Å². The van der Waals surface area contributed by atoms with E-state index < -0.39 is 11.8 Å². The predicted octanol–water partition coefficient (Wildman–Crippen LogP) is 0.974. The van der Waals surface area contributed by atoms with Crippen LogP contribution in [0.3, 0.4) is 0 Å². The zero-order valence-corrected chi connectivity index (χ0v) is 8.70. The predicted molar refractivity (Wildman–Crippen MR) is 52.2 cm³/mol. The van der Waals surface area contributed by atoms with Gasteiger partial charge in [0.2, 0.25) is 0 Å². The van der Waals surface area contributed by atoms with Crippen LogP contribution >= 0.6 is 0 Å². The Morgan fingerprint density at radius 3 is 2.47 bits per heavy atom. The quantitative estimate of drug-likeness (QED) is 0.593. The molecular weight excluding hydrogens is 198 g/mol. The van der Waals surface area contributed by atoms with Crippen LogP contribution in [0.25, 0.3) is 0 Å². The van der Waals surface area contributed by atoms with Gasteiger partial charge in [0.15, 0.2) is 0 Å². The highest BCUT2D eigenvalue weighted by Gasteiger charge is 2.21. The Balaban J connectivity index is 3.34. The van der Waals surface area contributed by atoms with E-state index >= 15 is 0 Å². The molecule has 5 nitrogen and oxygen atoms in total. The van der Waals surface area contributed by atoms with Gasteiger partial charge in [0, 0.05) is 17.3 Å². The minimum Gasteiger partial charge on any atom is -0.496 e. The Morgan fingerprint density at radius 2 is 2.00 bits per heavy atom. The Hall–Kier alpha value is -1.91. The molecule has 15 heavy (non-hydrogen) atoms. The molecule has 80 valence electrons. The maximum Gasteiger partial charge on any atom is 0.378 e. The number of carbonyl (C=O) groups is 2. The lowest BCUT2D eigenvalue weighted by Gasteiger charge is -2.09. The molecule has 0 amide bonds. The second-order valence-corrected chi connectivity index (χ2v) is 3.08. The van der Waals surface area contributed by atoms with Gasteiger partial charge >= 0.3 is 5.97 Å². The van der Waals surface area contributed by atoms with Gasteiger partial charge in [0.05, 0.1) is 7.11 Å². The molecule has 0 aliphatic heterocycles. The number of nitrogens with zero attached hydrogens (tertiary/aromatic N) is 1. The summed E-state index contributed by atoms with van der Waals surface area (Å²) in [6.07, 6.45) is 1.42. The number of carboxylic acids is 1. The topological polar surface area (TPSA) is 76.5 Å². The van der Waals surface area contributed by atoms with Gasteiger partial charge in [-0.3, -0.25) is 9.78 Å². The third kappa shape index (κ3) is 1.96. The number of ketones is 1. The lowest BCUT2D eigenvalue weighted by Crippen LogP contribution is -2.16. The average Bonchev–Trinajstić information content (AvgIpc) is 2.17. The summed E-state index contributed by atoms with van der Waals surface area (Å²) in [6, 6.07) is 0. The number of hydrogen-bond acceptors (Lipinski definition) is 4. The summed E-state index contributed by atoms with van der Waals surface area (Å²) >= 11 is 0. The number of ether oxygens (including phenoxy) is 1. The highest BCUT2D eigenvalue weighted by Crippen LogP contribution is 2.24. The highest BCUT2D eigenvalue weighted by molar-refractivity contribution is 6.39. The fourth-order valence-electron chi connectivity index (χ4n) is 1.36. The van der Waals surface area contributed by atoms with Gasteiger partial charge in [-0.15, -0.1) is 0 Å². The summed E-state index contributed by atoms with van der Waals surface area (Å²) in [5.41, 5.74) is 1.13. The van der Waals surface area contributed by atoms with E-state index in [1.807, 2.05) is 0 Å². The second-order valence-electron chi connectivity index (χ2n) is 3.08.